The standard InChI is InChI=1S/C38H64N6O10/c1-4-5-6-7-8-9-10-11-12-13-14-15-16-17-18-19-28(45)51-21-26(22-53-37(50)30(39)25(2)3)20-29(46)52-23-27-32(47)33(48)36(54-27)44-24-41-31-34(44)42-38(40)43-35(31)49/h24-27,30,32-33,36,47-48H,4-23,39H2,1-3H3,(H3,40,42,43,49)/t26?,27-,30+,32-,33+,36?/m1/s1. The molecule has 7 N–H and O–H groups in total. The fourth-order valence-corrected chi connectivity index (χ4v) is 6.35. The smallest absolute Gasteiger partial charge is 0.323 e. The van der Waals surface area contributed by atoms with Gasteiger partial charge in [0, 0.05) is 12.3 Å². The number of ether oxygens (including phenoxy) is 4. The number of hydrogen-bond donors (Lipinski definition) is 5. The van der Waals surface area contributed by atoms with Gasteiger partial charge in [-0.2, -0.15) is 4.98 Å². The topological polar surface area (TPSA) is 244 Å². The van der Waals surface area contributed by atoms with Crippen molar-refractivity contribution in [2.75, 3.05) is 25.6 Å². The van der Waals surface area contributed by atoms with Gasteiger partial charge in [0.2, 0.25) is 5.95 Å². The predicted molar refractivity (Wildman–Crippen MR) is 202 cm³/mol. The molecule has 54 heavy (non-hydrogen) atoms. The molecule has 2 unspecified atom stereocenters. The van der Waals surface area contributed by atoms with Crippen molar-refractivity contribution in [3.8, 4) is 0 Å². The molecule has 3 heterocycles. The highest BCUT2D eigenvalue weighted by atomic mass is 16.6. The van der Waals surface area contributed by atoms with Crippen molar-refractivity contribution in [1.82, 2.24) is 19.5 Å². The first kappa shape index (κ1) is 44.8. The highest BCUT2D eigenvalue weighted by Crippen LogP contribution is 2.31. The van der Waals surface area contributed by atoms with Crippen LogP contribution in [0, 0.1) is 11.8 Å². The number of H-pyrrole nitrogens is 1. The second kappa shape index (κ2) is 24.0. The first-order valence-corrected chi connectivity index (χ1v) is 19.9. The van der Waals surface area contributed by atoms with Crippen LogP contribution in [0.3, 0.4) is 0 Å². The van der Waals surface area contributed by atoms with Crippen LogP contribution in [0.5, 0.6) is 0 Å². The number of rotatable bonds is 27. The fraction of sp³-hybridized carbons (Fsp3) is 0.789. The summed E-state index contributed by atoms with van der Waals surface area (Å²) in [6, 6.07) is -0.858. The monoisotopic (exact) mass is 764 g/mol. The Hall–Kier alpha value is -3.60. The van der Waals surface area contributed by atoms with Gasteiger partial charge in [0.05, 0.1) is 26.0 Å². The normalized spacial score (nSPS) is 19.6. The minimum atomic E-state index is -1.48. The zero-order valence-electron chi connectivity index (χ0n) is 32.4. The molecule has 1 saturated heterocycles. The highest BCUT2D eigenvalue weighted by molar-refractivity contribution is 5.76. The number of fused-ring (bicyclic) bond motifs is 1. The van der Waals surface area contributed by atoms with Gasteiger partial charge in [0.1, 0.15) is 31.0 Å². The maximum Gasteiger partial charge on any atom is 0.323 e. The highest BCUT2D eigenvalue weighted by Gasteiger charge is 2.45. The summed E-state index contributed by atoms with van der Waals surface area (Å²) in [4.78, 5) is 60.4. The molecule has 0 aliphatic carbocycles. The summed E-state index contributed by atoms with van der Waals surface area (Å²) in [6.07, 6.45) is 14.2. The van der Waals surface area contributed by atoms with Crippen LogP contribution in [-0.4, -0.2) is 91.8 Å². The number of aromatic nitrogens is 4. The van der Waals surface area contributed by atoms with E-state index < -0.39 is 66.6 Å². The molecule has 6 atom stereocenters. The third-order valence-corrected chi connectivity index (χ3v) is 9.84. The minimum Gasteiger partial charge on any atom is -0.465 e. The number of carbonyl (C=O) groups excluding carboxylic acids is 3. The third-order valence-electron chi connectivity index (χ3n) is 9.84. The van der Waals surface area contributed by atoms with Gasteiger partial charge in [-0.15, -0.1) is 0 Å². The first-order valence-electron chi connectivity index (χ1n) is 19.9. The molecule has 0 spiro atoms. The number of imidazole rings is 1. The van der Waals surface area contributed by atoms with E-state index in [4.69, 9.17) is 30.4 Å². The van der Waals surface area contributed by atoms with Crippen molar-refractivity contribution in [3.05, 3.63) is 16.7 Å². The summed E-state index contributed by atoms with van der Waals surface area (Å²) in [6.45, 7) is 4.97. The number of carbonyl (C=O) groups is 3. The molecule has 16 nitrogen and oxygen atoms in total. The van der Waals surface area contributed by atoms with Crippen molar-refractivity contribution in [2.24, 2.45) is 17.6 Å². The quantitative estimate of drug-likeness (QED) is 0.0487. The molecular weight excluding hydrogens is 700 g/mol. The van der Waals surface area contributed by atoms with E-state index >= 15 is 0 Å². The molecule has 1 fully saturated rings. The summed E-state index contributed by atoms with van der Waals surface area (Å²) in [5.41, 5.74) is 11.0. The molecule has 0 aromatic carbocycles. The van der Waals surface area contributed by atoms with Crippen LogP contribution in [0.15, 0.2) is 11.1 Å². The Morgan fingerprint density at radius 2 is 1.44 bits per heavy atom. The molecule has 3 rings (SSSR count). The molecule has 2 aromatic heterocycles. The van der Waals surface area contributed by atoms with Gasteiger partial charge in [0.15, 0.2) is 17.4 Å². The number of anilines is 1. The van der Waals surface area contributed by atoms with E-state index in [1.54, 1.807) is 13.8 Å². The largest absolute Gasteiger partial charge is 0.465 e. The van der Waals surface area contributed by atoms with Crippen LogP contribution in [0.1, 0.15) is 136 Å². The number of nitrogens with two attached hydrogens (primary N) is 2. The zero-order chi connectivity index (χ0) is 39.5. The molecule has 0 bridgehead atoms. The molecular formula is C38H64N6O10. The molecule has 1 aliphatic rings. The van der Waals surface area contributed by atoms with E-state index in [1.807, 2.05) is 0 Å². The van der Waals surface area contributed by atoms with Crippen LogP contribution in [0.2, 0.25) is 0 Å². The maximum absolute atomic E-state index is 12.9. The van der Waals surface area contributed by atoms with Gasteiger partial charge < -0.3 is 40.6 Å². The second-order valence-corrected chi connectivity index (χ2v) is 14.9. The molecule has 16 heteroatoms. The van der Waals surface area contributed by atoms with Crippen LogP contribution in [0.25, 0.3) is 11.2 Å². The summed E-state index contributed by atoms with van der Waals surface area (Å²) in [5.74, 6) is -2.83. The minimum absolute atomic E-state index is 0.0360. The second-order valence-electron chi connectivity index (χ2n) is 14.9. The van der Waals surface area contributed by atoms with Gasteiger partial charge >= 0.3 is 17.9 Å². The van der Waals surface area contributed by atoms with E-state index in [-0.39, 0.29) is 49.1 Å². The number of esters is 3. The summed E-state index contributed by atoms with van der Waals surface area (Å²) >= 11 is 0. The number of aliphatic hydroxyl groups is 2. The van der Waals surface area contributed by atoms with E-state index in [1.165, 1.54) is 81.5 Å². The van der Waals surface area contributed by atoms with Crippen LogP contribution in [-0.2, 0) is 33.3 Å². The lowest BCUT2D eigenvalue weighted by Crippen LogP contribution is -2.38. The van der Waals surface area contributed by atoms with Crippen molar-refractivity contribution in [3.63, 3.8) is 0 Å². The first-order chi connectivity index (χ1) is 25.9. The van der Waals surface area contributed by atoms with Gasteiger partial charge in [-0.25, -0.2) is 4.98 Å². The Kier molecular flexibility index (Phi) is 19.9. The van der Waals surface area contributed by atoms with Gasteiger partial charge in [-0.05, 0) is 12.3 Å². The number of nitrogen functional groups attached to an aromatic ring is 1. The number of aliphatic hydroxyl groups excluding tert-OH is 2. The van der Waals surface area contributed by atoms with E-state index in [9.17, 15) is 29.4 Å². The average Bonchev–Trinajstić information content (AvgIpc) is 3.68. The lowest BCUT2D eigenvalue weighted by Gasteiger charge is -2.20. The Morgan fingerprint density at radius 3 is 2.04 bits per heavy atom. The molecule has 1 aliphatic heterocycles. The Labute approximate surface area is 318 Å². The van der Waals surface area contributed by atoms with Crippen LogP contribution in [0.4, 0.5) is 5.95 Å². The predicted octanol–water partition coefficient (Wildman–Crippen LogP) is 4.20. The zero-order valence-corrected chi connectivity index (χ0v) is 32.4. The van der Waals surface area contributed by atoms with Gasteiger partial charge in [0.25, 0.3) is 5.56 Å². The maximum atomic E-state index is 12.9. The number of aromatic amines is 1. The van der Waals surface area contributed by atoms with Crippen molar-refractivity contribution >= 4 is 35.0 Å². The van der Waals surface area contributed by atoms with Crippen LogP contribution >= 0.6 is 0 Å². The van der Waals surface area contributed by atoms with E-state index in [2.05, 4.69) is 21.9 Å². The van der Waals surface area contributed by atoms with Gasteiger partial charge in [-0.3, -0.25) is 28.7 Å². The molecule has 2 aromatic rings. The molecule has 306 valence electrons. The number of hydrogen-bond acceptors (Lipinski definition) is 14. The summed E-state index contributed by atoms with van der Waals surface area (Å²) < 4.78 is 23.2. The fourth-order valence-electron chi connectivity index (χ4n) is 6.35. The molecule has 0 amide bonds. The number of unbranched alkanes of at least 4 members (excludes halogenated alkanes) is 14. The van der Waals surface area contributed by atoms with Gasteiger partial charge in [-0.1, -0.05) is 111 Å². The van der Waals surface area contributed by atoms with E-state index in [0.717, 1.165) is 19.3 Å². The summed E-state index contributed by atoms with van der Waals surface area (Å²) in [7, 11) is 0. The van der Waals surface area contributed by atoms with Crippen molar-refractivity contribution in [1.29, 1.82) is 0 Å². The average molecular weight is 765 g/mol. The van der Waals surface area contributed by atoms with Crippen LogP contribution < -0.4 is 17.0 Å². The lowest BCUT2D eigenvalue weighted by atomic mass is 10.0. The number of nitrogens with zero attached hydrogens (tertiary/aromatic N) is 3. The summed E-state index contributed by atoms with van der Waals surface area (Å²) in [5, 5.41) is 21.4. The lowest BCUT2D eigenvalue weighted by molar-refractivity contribution is -0.158. The Balaban J connectivity index is 1.39. The van der Waals surface area contributed by atoms with Crippen molar-refractivity contribution < 1.29 is 43.5 Å². The Bertz CT molecular complexity index is 1480. The molecule has 0 radical (unpaired) electrons. The SMILES string of the molecule is CCCCCCCCCCCCCCCCCC(=O)OCC(COC(=O)[C@@H](N)C(C)C)CC(=O)OC[C@H]1OC(n2cnc3c(=O)[nH]c(N)nc32)[C@@H](O)[C@@H]1O. The third kappa shape index (κ3) is 14.9. The van der Waals surface area contributed by atoms with E-state index in [0.29, 0.717) is 6.42 Å². The van der Waals surface area contributed by atoms with Crippen molar-refractivity contribution in [2.45, 2.75) is 161 Å². The number of nitrogens with one attached hydrogen (secondary N) is 1. The Morgan fingerprint density at radius 1 is 0.870 bits per heavy atom. The molecule has 0 saturated carbocycles.